The molecule has 2 atom stereocenters. The molecule has 1 saturated heterocycles. The molecule has 3 rings (SSSR count). The second-order valence-corrected chi connectivity index (χ2v) is 8.89. The van der Waals surface area contributed by atoms with Crippen LogP contribution in [0.15, 0.2) is 78.0 Å². The van der Waals surface area contributed by atoms with Crippen molar-refractivity contribution >= 4 is 17.6 Å². The molecule has 2 aromatic carbocycles. The van der Waals surface area contributed by atoms with Gasteiger partial charge in [-0.25, -0.2) is 5.06 Å². The second-order valence-electron chi connectivity index (χ2n) is 8.89. The van der Waals surface area contributed by atoms with Gasteiger partial charge in [-0.1, -0.05) is 61.0 Å². The number of methoxy groups -OCH3 is 2. The largest absolute Gasteiger partial charge is 0.468 e. The number of rotatable bonds is 8. The Bertz CT molecular complexity index is 1170. The first-order valence-corrected chi connectivity index (χ1v) is 12.0. The minimum absolute atomic E-state index is 0.0569. The van der Waals surface area contributed by atoms with Crippen LogP contribution in [0.25, 0.3) is 0 Å². The summed E-state index contributed by atoms with van der Waals surface area (Å²) in [5.74, 6) is -1.56. The lowest BCUT2D eigenvalue weighted by Crippen LogP contribution is -2.62. The zero-order valence-electron chi connectivity index (χ0n) is 21.7. The van der Waals surface area contributed by atoms with Crippen LogP contribution in [0, 0.1) is 22.5 Å². The van der Waals surface area contributed by atoms with Crippen molar-refractivity contribution in [2.75, 3.05) is 19.3 Å². The molecule has 1 heterocycles. The predicted molar refractivity (Wildman–Crippen MR) is 138 cm³/mol. The number of nitro groups is 1. The summed E-state index contributed by atoms with van der Waals surface area (Å²) >= 11 is 0. The van der Waals surface area contributed by atoms with Crippen molar-refractivity contribution in [3.05, 3.63) is 99.3 Å². The van der Waals surface area contributed by atoms with E-state index in [2.05, 4.69) is 0 Å². The average Bonchev–Trinajstić information content (AvgIpc) is 2.92. The third-order valence-corrected chi connectivity index (χ3v) is 6.59. The molecule has 1 aliphatic rings. The van der Waals surface area contributed by atoms with Crippen LogP contribution in [0.5, 0.6) is 0 Å². The Hall–Kier alpha value is -3.98. The van der Waals surface area contributed by atoms with E-state index >= 15 is 0 Å². The number of anilines is 1. The van der Waals surface area contributed by atoms with Gasteiger partial charge in [0.05, 0.1) is 24.8 Å². The predicted octanol–water partition coefficient (Wildman–Crippen LogP) is 5.10. The van der Waals surface area contributed by atoms with Crippen molar-refractivity contribution in [1.29, 1.82) is 0 Å². The maximum atomic E-state index is 13.6. The number of hydroxylamine groups is 1. The molecule has 0 bridgehead atoms. The zero-order valence-corrected chi connectivity index (χ0v) is 21.7. The Labute approximate surface area is 216 Å². The molecule has 2 aromatic rings. The molecule has 0 aromatic heterocycles. The lowest BCUT2D eigenvalue weighted by atomic mass is 9.69. The Kier molecular flexibility index (Phi) is 8.83. The Morgan fingerprint density at radius 2 is 1.68 bits per heavy atom. The van der Waals surface area contributed by atoms with Gasteiger partial charge in [0.1, 0.15) is 12.1 Å². The van der Waals surface area contributed by atoms with E-state index in [1.807, 2.05) is 68.4 Å². The standard InChI is InChI=1S/C28H32N2O7/c1-6-21(15-14-20(3)30(33)34)25-28(26(31)35-4,27(32)36-5)18-24(22-10-8-7-9-11-22)37-29(25)23-16-12-19(2)13-17-23/h7-17,24-25H,6,18H2,1-5H3/b20-14+,21-15+. The van der Waals surface area contributed by atoms with Crippen LogP contribution in [0.3, 0.4) is 0 Å². The van der Waals surface area contributed by atoms with Crippen LogP contribution in [0.4, 0.5) is 5.69 Å². The number of esters is 2. The first kappa shape index (κ1) is 27.6. The van der Waals surface area contributed by atoms with E-state index in [0.29, 0.717) is 17.7 Å². The van der Waals surface area contributed by atoms with Gasteiger partial charge in [0.2, 0.25) is 5.70 Å². The molecule has 9 nitrogen and oxygen atoms in total. The lowest BCUT2D eigenvalue weighted by Gasteiger charge is -2.50. The van der Waals surface area contributed by atoms with E-state index in [9.17, 15) is 19.7 Å². The van der Waals surface area contributed by atoms with Crippen LogP contribution in [-0.4, -0.2) is 37.1 Å². The Morgan fingerprint density at radius 3 is 2.19 bits per heavy atom. The topological polar surface area (TPSA) is 108 Å². The Morgan fingerprint density at radius 1 is 1.08 bits per heavy atom. The highest BCUT2D eigenvalue weighted by Gasteiger charge is 2.62. The zero-order chi connectivity index (χ0) is 27.2. The molecule has 0 saturated carbocycles. The third-order valence-electron chi connectivity index (χ3n) is 6.59. The highest BCUT2D eigenvalue weighted by Crippen LogP contribution is 2.49. The summed E-state index contributed by atoms with van der Waals surface area (Å²) in [7, 11) is 2.44. The molecule has 2 unspecified atom stereocenters. The van der Waals surface area contributed by atoms with Crippen LogP contribution >= 0.6 is 0 Å². The van der Waals surface area contributed by atoms with Gasteiger partial charge < -0.3 is 9.47 Å². The molecule has 1 fully saturated rings. The van der Waals surface area contributed by atoms with Crippen molar-refractivity contribution in [2.24, 2.45) is 5.41 Å². The summed E-state index contributed by atoms with van der Waals surface area (Å²) in [4.78, 5) is 44.5. The van der Waals surface area contributed by atoms with E-state index < -0.39 is 34.4 Å². The number of hydrogen-bond acceptors (Lipinski definition) is 8. The van der Waals surface area contributed by atoms with Gasteiger partial charge >= 0.3 is 11.9 Å². The molecule has 1 aliphatic heterocycles. The number of ether oxygens (including phenoxy) is 2. The van der Waals surface area contributed by atoms with Gasteiger partial charge in [-0.15, -0.1) is 0 Å². The molecule has 0 N–H and O–H groups in total. The highest BCUT2D eigenvalue weighted by atomic mass is 16.7. The molecule has 37 heavy (non-hydrogen) atoms. The van der Waals surface area contributed by atoms with Crippen molar-refractivity contribution in [3.8, 4) is 0 Å². The molecule has 0 amide bonds. The van der Waals surface area contributed by atoms with Gasteiger partial charge in [0.15, 0.2) is 5.41 Å². The summed E-state index contributed by atoms with van der Waals surface area (Å²) in [6, 6.07) is 15.7. The van der Waals surface area contributed by atoms with Crippen LogP contribution < -0.4 is 5.06 Å². The number of benzene rings is 2. The second kappa shape index (κ2) is 11.8. The minimum Gasteiger partial charge on any atom is -0.468 e. The molecular formula is C28H32N2O7. The molecule has 0 radical (unpaired) electrons. The van der Waals surface area contributed by atoms with Gasteiger partial charge in [-0.2, -0.15) is 0 Å². The van der Waals surface area contributed by atoms with E-state index in [4.69, 9.17) is 14.3 Å². The third kappa shape index (κ3) is 5.56. The first-order chi connectivity index (χ1) is 17.7. The quantitative estimate of drug-likeness (QED) is 0.159. The van der Waals surface area contributed by atoms with Crippen molar-refractivity contribution in [1.82, 2.24) is 0 Å². The molecule has 9 heteroatoms. The fraction of sp³-hybridized carbons (Fsp3) is 0.357. The van der Waals surface area contributed by atoms with E-state index in [1.165, 1.54) is 27.2 Å². The van der Waals surface area contributed by atoms with Gasteiger partial charge in [0.25, 0.3) is 0 Å². The summed E-state index contributed by atoms with van der Waals surface area (Å²) < 4.78 is 10.4. The Balaban J connectivity index is 2.34. The van der Waals surface area contributed by atoms with Crippen LogP contribution in [0.1, 0.15) is 43.9 Å². The summed E-state index contributed by atoms with van der Waals surface area (Å²) in [5.41, 5.74) is 1.02. The molecular weight excluding hydrogens is 476 g/mol. The number of carbonyl (C=O) groups is 2. The fourth-order valence-electron chi connectivity index (χ4n) is 4.58. The summed E-state index contributed by atoms with van der Waals surface area (Å²) in [6.45, 7) is 5.16. The van der Waals surface area contributed by atoms with Crippen LogP contribution in [0.2, 0.25) is 0 Å². The number of nitrogens with zero attached hydrogens (tertiary/aromatic N) is 2. The summed E-state index contributed by atoms with van der Waals surface area (Å²) in [6.07, 6.45) is 2.54. The fourth-order valence-corrected chi connectivity index (χ4v) is 4.58. The van der Waals surface area contributed by atoms with Crippen molar-refractivity contribution in [2.45, 2.75) is 45.8 Å². The number of allylic oxidation sites excluding steroid dienone is 3. The first-order valence-electron chi connectivity index (χ1n) is 12.0. The van der Waals surface area contributed by atoms with Gasteiger partial charge in [-0.05, 0) is 36.6 Å². The lowest BCUT2D eigenvalue weighted by molar-refractivity contribution is -0.424. The SMILES string of the molecule is CC/C(=C\C=C(/C)[N+](=O)[O-])C1N(c2ccc(C)cc2)OC(c2ccccc2)CC1(C(=O)OC)C(=O)OC. The molecule has 196 valence electrons. The number of hydrogen-bond donors (Lipinski definition) is 0. The summed E-state index contributed by atoms with van der Waals surface area (Å²) in [5, 5.41) is 12.8. The van der Waals surface area contributed by atoms with E-state index in [0.717, 1.165) is 11.1 Å². The van der Waals surface area contributed by atoms with Crippen LogP contribution in [-0.2, 0) is 23.9 Å². The number of carbonyl (C=O) groups excluding carboxylic acids is 2. The average molecular weight is 509 g/mol. The van der Waals surface area contributed by atoms with E-state index in [-0.39, 0.29) is 12.1 Å². The van der Waals surface area contributed by atoms with Crippen molar-refractivity contribution in [3.63, 3.8) is 0 Å². The van der Waals surface area contributed by atoms with Gasteiger partial charge in [0, 0.05) is 19.4 Å². The number of aryl methyl sites for hydroxylation is 1. The normalized spacial score (nSPS) is 19.8. The highest BCUT2D eigenvalue weighted by molar-refractivity contribution is 6.02. The van der Waals surface area contributed by atoms with Gasteiger partial charge in [-0.3, -0.25) is 24.5 Å². The molecule has 0 aliphatic carbocycles. The maximum absolute atomic E-state index is 13.6. The smallest absolute Gasteiger partial charge is 0.325 e. The minimum atomic E-state index is -1.83. The van der Waals surface area contributed by atoms with E-state index in [1.54, 1.807) is 11.1 Å². The monoisotopic (exact) mass is 508 g/mol. The van der Waals surface area contributed by atoms with Crippen molar-refractivity contribution < 1.29 is 28.8 Å². The molecule has 0 spiro atoms. The maximum Gasteiger partial charge on any atom is 0.325 e.